The van der Waals surface area contributed by atoms with E-state index in [1.807, 2.05) is 12.1 Å². The van der Waals surface area contributed by atoms with Crippen LogP contribution in [0, 0.1) is 18.7 Å². The topological polar surface area (TPSA) is 59.4 Å². The summed E-state index contributed by atoms with van der Waals surface area (Å²) in [7, 11) is 1.68. The first kappa shape index (κ1) is 22.0. The Morgan fingerprint density at radius 1 is 1.16 bits per heavy atom. The number of ether oxygens (including phenoxy) is 1. The Morgan fingerprint density at radius 2 is 1.88 bits per heavy atom. The molecule has 0 aliphatic carbocycles. The predicted molar refractivity (Wildman–Crippen MR) is 122 cm³/mol. The second kappa shape index (κ2) is 9.96. The van der Waals surface area contributed by atoms with Crippen LogP contribution in [0.15, 0.2) is 54.7 Å². The van der Waals surface area contributed by atoms with E-state index in [4.69, 9.17) is 4.74 Å². The summed E-state index contributed by atoms with van der Waals surface area (Å²) < 4.78 is 20.8. The van der Waals surface area contributed by atoms with E-state index < -0.39 is 0 Å². The standard InChI is InChI=1S/C25H29FN4O2/c1-18-22(16-28-30(18)24-6-4-3-5-23(24)26)25(31)27-15-19-11-13-29(14-12-19)17-20-7-9-21(32-2)10-8-20/h3-10,16,19H,11-15,17H2,1-2H3,(H,27,31). The van der Waals surface area contributed by atoms with Gasteiger partial charge in [0.05, 0.1) is 24.6 Å². The van der Waals surface area contributed by atoms with Crippen molar-refractivity contribution in [2.24, 2.45) is 5.92 Å². The minimum Gasteiger partial charge on any atom is -0.497 e. The highest BCUT2D eigenvalue weighted by molar-refractivity contribution is 5.95. The van der Waals surface area contributed by atoms with Crippen LogP contribution >= 0.6 is 0 Å². The highest BCUT2D eigenvalue weighted by Gasteiger charge is 2.22. The number of carbonyl (C=O) groups is 1. The highest BCUT2D eigenvalue weighted by atomic mass is 19.1. The lowest BCUT2D eigenvalue weighted by molar-refractivity contribution is 0.0934. The Labute approximate surface area is 188 Å². The normalized spacial score (nSPS) is 15.0. The van der Waals surface area contributed by atoms with Crippen LogP contribution in [0.1, 0.15) is 34.5 Å². The molecule has 2 aromatic carbocycles. The quantitative estimate of drug-likeness (QED) is 0.609. The average Bonchev–Trinajstić information content (AvgIpc) is 3.20. The van der Waals surface area contributed by atoms with Crippen LogP contribution in [-0.4, -0.2) is 47.3 Å². The first-order valence-corrected chi connectivity index (χ1v) is 11.0. The van der Waals surface area contributed by atoms with Gasteiger partial charge in [0.2, 0.25) is 0 Å². The van der Waals surface area contributed by atoms with Crippen molar-refractivity contribution in [1.29, 1.82) is 0 Å². The molecular formula is C25H29FN4O2. The van der Waals surface area contributed by atoms with Crippen LogP contribution in [0.5, 0.6) is 5.75 Å². The molecular weight excluding hydrogens is 407 g/mol. The summed E-state index contributed by atoms with van der Waals surface area (Å²) in [6.45, 7) is 5.37. The van der Waals surface area contributed by atoms with Crippen molar-refractivity contribution in [3.63, 3.8) is 0 Å². The van der Waals surface area contributed by atoms with Crippen molar-refractivity contribution in [3.05, 3.63) is 77.4 Å². The number of aromatic nitrogens is 2. The van der Waals surface area contributed by atoms with E-state index >= 15 is 0 Å². The maximum absolute atomic E-state index is 14.1. The van der Waals surface area contributed by atoms with E-state index in [0.29, 0.717) is 29.4 Å². The number of piperidine rings is 1. The van der Waals surface area contributed by atoms with Crippen molar-refractivity contribution in [1.82, 2.24) is 20.0 Å². The first-order valence-electron chi connectivity index (χ1n) is 11.0. The van der Waals surface area contributed by atoms with E-state index in [2.05, 4.69) is 27.4 Å². The summed E-state index contributed by atoms with van der Waals surface area (Å²) in [5, 5.41) is 7.27. The molecule has 1 aromatic heterocycles. The number of likely N-dealkylation sites (tertiary alicyclic amines) is 1. The lowest BCUT2D eigenvalue weighted by Crippen LogP contribution is -2.38. The summed E-state index contributed by atoms with van der Waals surface area (Å²) in [6, 6.07) is 14.6. The molecule has 0 spiro atoms. The molecule has 1 fully saturated rings. The van der Waals surface area contributed by atoms with Crippen LogP contribution in [0.4, 0.5) is 4.39 Å². The van der Waals surface area contributed by atoms with Crippen molar-refractivity contribution in [2.45, 2.75) is 26.3 Å². The summed E-state index contributed by atoms with van der Waals surface area (Å²) in [4.78, 5) is 15.2. The van der Waals surface area contributed by atoms with Gasteiger partial charge >= 0.3 is 0 Å². The Kier molecular flexibility index (Phi) is 6.85. The monoisotopic (exact) mass is 436 g/mol. The molecule has 2 heterocycles. The van der Waals surface area contributed by atoms with Crippen molar-refractivity contribution >= 4 is 5.91 Å². The second-order valence-electron chi connectivity index (χ2n) is 8.28. The van der Waals surface area contributed by atoms with Gasteiger partial charge in [-0.2, -0.15) is 5.10 Å². The molecule has 1 N–H and O–H groups in total. The second-order valence-corrected chi connectivity index (χ2v) is 8.28. The third-order valence-electron chi connectivity index (χ3n) is 6.16. The minimum absolute atomic E-state index is 0.161. The molecule has 1 aliphatic rings. The average molecular weight is 437 g/mol. The molecule has 1 aliphatic heterocycles. The smallest absolute Gasteiger partial charge is 0.254 e. The maximum Gasteiger partial charge on any atom is 0.254 e. The lowest BCUT2D eigenvalue weighted by atomic mass is 9.96. The number of carbonyl (C=O) groups excluding carboxylic acids is 1. The Bertz CT molecular complexity index is 1060. The number of nitrogens with zero attached hydrogens (tertiary/aromatic N) is 3. The van der Waals surface area contributed by atoms with Crippen LogP contribution in [0.3, 0.4) is 0 Å². The summed E-state index contributed by atoms with van der Waals surface area (Å²) >= 11 is 0. The molecule has 6 nitrogen and oxygen atoms in total. The molecule has 32 heavy (non-hydrogen) atoms. The molecule has 0 saturated carbocycles. The molecule has 1 amide bonds. The number of halogens is 1. The summed E-state index contributed by atoms with van der Waals surface area (Å²) in [6.07, 6.45) is 3.60. The Balaban J connectivity index is 1.27. The SMILES string of the molecule is COc1ccc(CN2CCC(CNC(=O)c3cnn(-c4ccccc4F)c3C)CC2)cc1. The Hall–Kier alpha value is -3.19. The first-order chi connectivity index (χ1) is 15.5. The van der Waals surface area contributed by atoms with Crippen molar-refractivity contribution in [3.8, 4) is 11.4 Å². The van der Waals surface area contributed by atoms with Gasteiger partial charge in [-0.15, -0.1) is 0 Å². The fraction of sp³-hybridized carbons (Fsp3) is 0.360. The molecule has 3 aromatic rings. The van der Waals surface area contributed by atoms with Gasteiger partial charge in [0.15, 0.2) is 0 Å². The molecule has 1 saturated heterocycles. The van der Waals surface area contributed by atoms with Gasteiger partial charge in [0.25, 0.3) is 5.91 Å². The van der Waals surface area contributed by atoms with E-state index in [-0.39, 0.29) is 11.7 Å². The maximum atomic E-state index is 14.1. The number of hydrogen-bond acceptors (Lipinski definition) is 4. The molecule has 0 atom stereocenters. The van der Waals surface area contributed by atoms with Gasteiger partial charge in [-0.1, -0.05) is 24.3 Å². The number of amides is 1. The highest BCUT2D eigenvalue weighted by Crippen LogP contribution is 2.21. The molecule has 4 rings (SSSR count). The zero-order valence-corrected chi connectivity index (χ0v) is 18.6. The van der Waals surface area contributed by atoms with Crippen LogP contribution in [0.2, 0.25) is 0 Å². The number of methoxy groups -OCH3 is 1. The lowest BCUT2D eigenvalue weighted by Gasteiger charge is -2.32. The minimum atomic E-state index is -0.368. The fourth-order valence-electron chi connectivity index (χ4n) is 4.17. The van der Waals surface area contributed by atoms with Gasteiger partial charge in [-0.05, 0) is 68.6 Å². The number of rotatable bonds is 7. The summed E-state index contributed by atoms with van der Waals surface area (Å²) in [5.41, 5.74) is 2.72. The fourth-order valence-corrected chi connectivity index (χ4v) is 4.17. The third-order valence-corrected chi connectivity index (χ3v) is 6.16. The van der Waals surface area contributed by atoms with Gasteiger partial charge < -0.3 is 10.1 Å². The van der Waals surface area contributed by atoms with Gasteiger partial charge in [-0.3, -0.25) is 9.69 Å². The predicted octanol–water partition coefficient (Wildman–Crippen LogP) is 3.97. The van der Waals surface area contributed by atoms with Crippen LogP contribution in [-0.2, 0) is 6.54 Å². The van der Waals surface area contributed by atoms with E-state index in [9.17, 15) is 9.18 Å². The number of para-hydroxylation sites is 1. The van der Waals surface area contributed by atoms with Gasteiger partial charge in [-0.25, -0.2) is 9.07 Å². The molecule has 0 unspecified atom stereocenters. The van der Waals surface area contributed by atoms with E-state index in [0.717, 1.165) is 38.2 Å². The van der Waals surface area contributed by atoms with Crippen LogP contribution < -0.4 is 10.1 Å². The van der Waals surface area contributed by atoms with Crippen molar-refractivity contribution < 1.29 is 13.9 Å². The zero-order chi connectivity index (χ0) is 22.5. The third kappa shape index (κ3) is 4.99. The van der Waals surface area contributed by atoms with E-state index in [1.165, 1.54) is 22.5 Å². The Morgan fingerprint density at radius 3 is 2.56 bits per heavy atom. The molecule has 7 heteroatoms. The van der Waals surface area contributed by atoms with Gasteiger partial charge in [0, 0.05) is 13.1 Å². The zero-order valence-electron chi connectivity index (χ0n) is 18.6. The molecule has 168 valence electrons. The largest absolute Gasteiger partial charge is 0.497 e. The van der Waals surface area contributed by atoms with Crippen molar-refractivity contribution in [2.75, 3.05) is 26.7 Å². The number of hydrogen-bond donors (Lipinski definition) is 1. The molecule has 0 radical (unpaired) electrons. The van der Waals surface area contributed by atoms with Crippen LogP contribution in [0.25, 0.3) is 5.69 Å². The molecule has 0 bridgehead atoms. The van der Waals surface area contributed by atoms with Gasteiger partial charge in [0.1, 0.15) is 17.3 Å². The number of nitrogens with one attached hydrogen (secondary N) is 1. The summed E-state index contributed by atoms with van der Waals surface area (Å²) in [5.74, 6) is 0.795. The van der Waals surface area contributed by atoms with E-state index in [1.54, 1.807) is 32.2 Å². The number of benzene rings is 2.